The molecule has 6 heteroatoms. The van der Waals surface area contributed by atoms with Gasteiger partial charge in [-0.3, -0.25) is 9.48 Å². The quantitative estimate of drug-likeness (QED) is 0.597. The fraction of sp³-hybridized carbons (Fsp3) is 0.444. The summed E-state index contributed by atoms with van der Waals surface area (Å²) in [5.74, 6) is 1.36. The van der Waals surface area contributed by atoms with E-state index in [4.69, 9.17) is 0 Å². The van der Waals surface area contributed by atoms with Crippen molar-refractivity contribution in [2.45, 2.75) is 30.2 Å². The maximum Gasteiger partial charge on any atom is 0.241 e. The van der Waals surface area contributed by atoms with E-state index in [0.29, 0.717) is 12.5 Å². The molecular weight excluding hydrogens is 320 g/mol. The minimum atomic E-state index is 0.0140. The predicted molar refractivity (Wildman–Crippen MR) is 97.2 cm³/mol. The Balaban J connectivity index is 1.38. The highest BCUT2D eigenvalue weighted by Gasteiger charge is 2.17. The van der Waals surface area contributed by atoms with Crippen LogP contribution in [0.25, 0.3) is 0 Å². The van der Waals surface area contributed by atoms with Gasteiger partial charge in [0, 0.05) is 35.9 Å². The largest absolute Gasteiger partial charge is 0.354 e. The van der Waals surface area contributed by atoms with Crippen LogP contribution in [0.5, 0.6) is 0 Å². The van der Waals surface area contributed by atoms with Crippen LogP contribution in [0.2, 0.25) is 0 Å². The van der Waals surface area contributed by atoms with Crippen molar-refractivity contribution in [3.63, 3.8) is 0 Å². The summed E-state index contributed by atoms with van der Waals surface area (Å²) in [5, 5.41) is 10.9. The topological polar surface area (TPSA) is 59.0 Å². The minimum Gasteiger partial charge on any atom is -0.354 e. The Labute approximate surface area is 147 Å². The van der Waals surface area contributed by atoms with Gasteiger partial charge in [-0.1, -0.05) is 18.2 Å². The van der Waals surface area contributed by atoms with Gasteiger partial charge >= 0.3 is 0 Å². The number of nitrogens with zero attached hydrogens (tertiary/aromatic N) is 2. The van der Waals surface area contributed by atoms with Crippen LogP contribution in [0.4, 0.5) is 0 Å². The summed E-state index contributed by atoms with van der Waals surface area (Å²) in [4.78, 5) is 13.2. The van der Waals surface area contributed by atoms with Crippen molar-refractivity contribution in [2.75, 3.05) is 25.4 Å². The van der Waals surface area contributed by atoms with Gasteiger partial charge in [-0.05, 0) is 37.6 Å². The van der Waals surface area contributed by atoms with Crippen molar-refractivity contribution in [1.82, 2.24) is 20.4 Å². The zero-order chi connectivity index (χ0) is 16.6. The zero-order valence-corrected chi connectivity index (χ0v) is 14.6. The molecule has 1 aliphatic heterocycles. The van der Waals surface area contributed by atoms with Gasteiger partial charge in [0.05, 0.1) is 5.69 Å². The lowest BCUT2D eigenvalue weighted by molar-refractivity contribution is -0.121. The van der Waals surface area contributed by atoms with Crippen LogP contribution in [-0.4, -0.2) is 41.1 Å². The molecule has 0 aliphatic carbocycles. The second-order valence-corrected chi connectivity index (χ2v) is 7.16. The van der Waals surface area contributed by atoms with Gasteiger partial charge in [0.15, 0.2) is 0 Å². The number of amides is 1. The number of nitrogens with one attached hydrogen (secondary N) is 2. The lowest BCUT2D eigenvalue weighted by atomic mass is 9.97. The van der Waals surface area contributed by atoms with Crippen LogP contribution in [0.15, 0.2) is 47.5 Å². The highest BCUT2D eigenvalue weighted by molar-refractivity contribution is 7.99. The summed E-state index contributed by atoms with van der Waals surface area (Å²) in [6.07, 6.45) is 4.27. The second-order valence-electron chi connectivity index (χ2n) is 5.99. The third kappa shape index (κ3) is 5.11. The highest BCUT2D eigenvalue weighted by atomic mass is 32.2. The molecule has 0 spiro atoms. The molecule has 1 atom stereocenters. The molecule has 1 amide bonds. The molecule has 24 heavy (non-hydrogen) atoms. The Morgan fingerprint density at radius 1 is 1.33 bits per heavy atom. The van der Waals surface area contributed by atoms with Gasteiger partial charge < -0.3 is 10.6 Å². The Bertz CT molecular complexity index is 637. The molecule has 3 rings (SSSR count). The van der Waals surface area contributed by atoms with E-state index in [9.17, 15) is 4.79 Å². The third-order valence-electron chi connectivity index (χ3n) is 4.12. The number of hydrogen-bond donors (Lipinski definition) is 2. The highest BCUT2D eigenvalue weighted by Crippen LogP contribution is 2.21. The number of benzene rings is 1. The molecular formula is C18H24N4OS. The van der Waals surface area contributed by atoms with Gasteiger partial charge in [-0.2, -0.15) is 5.10 Å². The van der Waals surface area contributed by atoms with E-state index in [1.54, 1.807) is 16.4 Å². The summed E-state index contributed by atoms with van der Waals surface area (Å²) in [6.45, 7) is 3.04. The second kappa shape index (κ2) is 8.89. The molecule has 2 aromatic rings. The van der Waals surface area contributed by atoms with Crippen LogP contribution in [0.1, 0.15) is 24.5 Å². The molecule has 1 saturated heterocycles. The van der Waals surface area contributed by atoms with Crippen LogP contribution in [0, 0.1) is 0 Å². The minimum absolute atomic E-state index is 0.0140. The predicted octanol–water partition coefficient (Wildman–Crippen LogP) is 2.26. The van der Waals surface area contributed by atoms with Crippen molar-refractivity contribution in [3.05, 3.63) is 48.3 Å². The molecule has 1 aliphatic rings. The van der Waals surface area contributed by atoms with E-state index < -0.39 is 0 Å². The normalized spacial score (nSPS) is 17.6. The van der Waals surface area contributed by atoms with Crippen LogP contribution in [-0.2, 0) is 11.3 Å². The Morgan fingerprint density at radius 3 is 3.00 bits per heavy atom. The van der Waals surface area contributed by atoms with Crippen LogP contribution < -0.4 is 10.6 Å². The Kier molecular flexibility index (Phi) is 6.32. The first-order chi connectivity index (χ1) is 11.8. The number of hydrogen-bond acceptors (Lipinski definition) is 4. The van der Waals surface area contributed by atoms with Crippen molar-refractivity contribution < 1.29 is 4.79 Å². The molecule has 1 aromatic heterocycles. The lowest BCUT2D eigenvalue weighted by Crippen LogP contribution is -2.30. The molecule has 2 N–H and O–H groups in total. The molecule has 0 bridgehead atoms. The van der Waals surface area contributed by atoms with Crippen molar-refractivity contribution >= 4 is 17.7 Å². The monoisotopic (exact) mass is 344 g/mol. The van der Waals surface area contributed by atoms with Gasteiger partial charge in [-0.15, -0.1) is 11.8 Å². The van der Waals surface area contributed by atoms with E-state index in [1.165, 1.54) is 17.7 Å². The summed E-state index contributed by atoms with van der Waals surface area (Å²) < 4.78 is 1.74. The van der Waals surface area contributed by atoms with Gasteiger partial charge in [0.25, 0.3) is 0 Å². The van der Waals surface area contributed by atoms with Gasteiger partial charge in [0.1, 0.15) is 6.54 Å². The molecule has 1 fully saturated rings. The smallest absolute Gasteiger partial charge is 0.241 e. The molecule has 2 heterocycles. The zero-order valence-electron chi connectivity index (χ0n) is 13.8. The number of carbonyl (C=O) groups is 1. The summed E-state index contributed by atoms with van der Waals surface area (Å²) in [7, 11) is 0. The van der Waals surface area contributed by atoms with E-state index in [2.05, 4.69) is 27.9 Å². The van der Waals surface area contributed by atoms with Crippen molar-refractivity contribution in [3.8, 4) is 0 Å². The maximum absolute atomic E-state index is 12.0. The van der Waals surface area contributed by atoms with Gasteiger partial charge in [-0.25, -0.2) is 0 Å². The Morgan fingerprint density at radius 2 is 2.21 bits per heavy atom. The van der Waals surface area contributed by atoms with Gasteiger partial charge in [0.2, 0.25) is 5.91 Å². The third-order valence-corrected chi connectivity index (χ3v) is 5.13. The summed E-state index contributed by atoms with van der Waals surface area (Å²) in [6, 6.07) is 12.3. The molecule has 0 unspecified atom stereocenters. The Hall–Kier alpha value is -1.79. The summed E-state index contributed by atoms with van der Waals surface area (Å²) >= 11 is 1.75. The molecule has 1 aromatic carbocycles. The summed E-state index contributed by atoms with van der Waals surface area (Å²) in [5.41, 5.74) is 1.09. The number of rotatable bonds is 7. The standard InChI is InChI=1S/C18H24N4OS/c23-18(20-10-12-24-16-6-2-1-3-7-16)14-22-11-8-17(21-22)15-5-4-9-19-13-15/h1-3,6-8,11,15,19H,4-5,9-10,12-14H2,(H,20,23)/t15-/m1/s1. The molecule has 128 valence electrons. The number of carbonyl (C=O) groups excluding carboxylic acids is 1. The molecule has 0 radical (unpaired) electrons. The maximum atomic E-state index is 12.0. The van der Waals surface area contributed by atoms with E-state index in [-0.39, 0.29) is 12.5 Å². The number of thioether (sulfide) groups is 1. The first kappa shape index (κ1) is 17.0. The SMILES string of the molecule is O=C(Cn1ccc([C@@H]2CCCNC2)n1)NCCSc1ccccc1. The van der Waals surface area contributed by atoms with Crippen molar-refractivity contribution in [2.24, 2.45) is 0 Å². The lowest BCUT2D eigenvalue weighted by Gasteiger charge is -2.20. The first-order valence-electron chi connectivity index (χ1n) is 8.50. The fourth-order valence-corrected chi connectivity index (χ4v) is 3.66. The molecule has 0 saturated carbocycles. The first-order valence-corrected chi connectivity index (χ1v) is 9.48. The van der Waals surface area contributed by atoms with E-state index in [0.717, 1.165) is 24.5 Å². The van der Waals surface area contributed by atoms with E-state index in [1.807, 2.05) is 30.5 Å². The van der Waals surface area contributed by atoms with Crippen molar-refractivity contribution in [1.29, 1.82) is 0 Å². The molecule has 5 nitrogen and oxygen atoms in total. The van der Waals surface area contributed by atoms with E-state index >= 15 is 0 Å². The average Bonchev–Trinajstić information content (AvgIpc) is 3.09. The number of piperidine rings is 1. The van der Waals surface area contributed by atoms with Crippen LogP contribution in [0.3, 0.4) is 0 Å². The van der Waals surface area contributed by atoms with Crippen LogP contribution >= 0.6 is 11.8 Å². The average molecular weight is 344 g/mol. The fourth-order valence-electron chi connectivity index (χ4n) is 2.87. The number of aromatic nitrogens is 2.